The third-order valence-electron chi connectivity index (χ3n) is 6.38. The highest BCUT2D eigenvalue weighted by Crippen LogP contribution is 2.20. The Bertz CT molecular complexity index is 1200. The summed E-state index contributed by atoms with van der Waals surface area (Å²) in [5.74, 6) is -1.42. The lowest BCUT2D eigenvalue weighted by molar-refractivity contribution is -0.153. The summed E-state index contributed by atoms with van der Waals surface area (Å²) in [5, 5.41) is 19.9. The Labute approximate surface area is 215 Å². The molecule has 2 heterocycles. The number of carbonyl (C=O) groups excluding carboxylic acids is 3. The first-order chi connectivity index (χ1) is 17.9. The molecule has 3 aromatic rings. The number of nitrogens with zero attached hydrogens (tertiary/aromatic N) is 2. The van der Waals surface area contributed by atoms with Gasteiger partial charge in [0.2, 0.25) is 0 Å². The SMILES string of the molecule is CCOC(=O)[C@H](O)C[C@@H](Cc1ccc(-c2ccccc2)cc1)NC(=O)c1cc(C(=O)N2CCCC2)[nH]n1. The second-order valence-electron chi connectivity index (χ2n) is 9.11. The van der Waals surface area contributed by atoms with E-state index < -0.39 is 24.0 Å². The van der Waals surface area contributed by atoms with Crippen LogP contribution in [0.4, 0.5) is 0 Å². The summed E-state index contributed by atoms with van der Waals surface area (Å²) in [6, 6.07) is 18.7. The van der Waals surface area contributed by atoms with Crippen LogP contribution in [0.5, 0.6) is 0 Å². The van der Waals surface area contributed by atoms with Gasteiger partial charge >= 0.3 is 5.97 Å². The van der Waals surface area contributed by atoms with Crippen molar-refractivity contribution in [3.8, 4) is 11.1 Å². The molecule has 0 bridgehead atoms. The molecular formula is C28H32N4O5. The molecule has 0 saturated carbocycles. The summed E-state index contributed by atoms with van der Waals surface area (Å²) in [6.45, 7) is 3.19. The highest BCUT2D eigenvalue weighted by Gasteiger charge is 2.26. The molecular weight excluding hydrogens is 472 g/mol. The van der Waals surface area contributed by atoms with Crippen molar-refractivity contribution in [1.29, 1.82) is 0 Å². The third-order valence-corrected chi connectivity index (χ3v) is 6.38. The number of hydrogen-bond donors (Lipinski definition) is 3. The van der Waals surface area contributed by atoms with Crippen LogP contribution in [0.15, 0.2) is 60.7 Å². The number of aliphatic hydroxyl groups is 1. The van der Waals surface area contributed by atoms with Crippen LogP contribution in [-0.4, -0.2) is 69.8 Å². The molecule has 3 N–H and O–H groups in total. The lowest BCUT2D eigenvalue weighted by Gasteiger charge is -2.21. The molecule has 2 atom stereocenters. The number of hydrogen-bond acceptors (Lipinski definition) is 6. The molecule has 1 aliphatic heterocycles. The first-order valence-corrected chi connectivity index (χ1v) is 12.6. The first kappa shape index (κ1) is 26.1. The molecule has 1 fully saturated rings. The van der Waals surface area contributed by atoms with Gasteiger partial charge < -0.3 is 20.1 Å². The average molecular weight is 505 g/mol. The standard InChI is InChI=1S/C28H32N4O5/c1-2-37-28(36)25(33)17-22(16-19-10-12-21(13-11-19)20-8-4-3-5-9-20)29-26(34)23-18-24(31-30-23)27(35)32-14-6-7-15-32/h3-5,8-13,18,22,25,33H,2,6-7,14-17H2,1H3,(H,29,34)(H,30,31)/t22-,25-/m1/s1. The number of H-pyrrole nitrogens is 1. The zero-order chi connectivity index (χ0) is 26.2. The predicted octanol–water partition coefficient (Wildman–Crippen LogP) is 2.97. The van der Waals surface area contributed by atoms with Crippen molar-refractivity contribution in [3.63, 3.8) is 0 Å². The van der Waals surface area contributed by atoms with Gasteiger partial charge in [-0.1, -0.05) is 54.6 Å². The summed E-state index contributed by atoms with van der Waals surface area (Å²) in [4.78, 5) is 39.4. The molecule has 0 radical (unpaired) electrons. The van der Waals surface area contributed by atoms with Crippen LogP contribution in [0.3, 0.4) is 0 Å². The van der Waals surface area contributed by atoms with E-state index in [2.05, 4.69) is 15.5 Å². The van der Waals surface area contributed by atoms with Crippen LogP contribution >= 0.6 is 0 Å². The van der Waals surface area contributed by atoms with Gasteiger partial charge in [0, 0.05) is 31.6 Å². The van der Waals surface area contributed by atoms with E-state index in [1.165, 1.54) is 6.07 Å². The van der Waals surface area contributed by atoms with Gasteiger partial charge in [-0.05, 0) is 42.9 Å². The molecule has 2 amide bonds. The quantitative estimate of drug-likeness (QED) is 0.365. The fourth-order valence-corrected chi connectivity index (χ4v) is 4.44. The smallest absolute Gasteiger partial charge is 0.335 e. The van der Waals surface area contributed by atoms with Crippen LogP contribution in [0, 0.1) is 0 Å². The Morgan fingerprint density at radius 2 is 1.73 bits per heavy atom. The van der Waals surface area contributed by atoms with Crippen molar-refractivity contribution < 1.29 is 24.2 Å². The molecule has 37 heavy (non-hydrogen) atoms. The minimum atomic E-state index is -1.39. The van der Waals surface area contributed by atoms with Crippen molar-refractivity contribution >= 4 is 17.8 Å². The number of nitrogens with one attached hydrogen (secondary N) is 2. The van der Waals surface area contributed by atoms with E-state index in [-0.39, 0.29) is 30.3 Å². The molecule has 1 saturated heterocycles. The van der Waals surface area contributed by atoms with Crippen LogP contribution < -0.4 is 5.32 Å². The highest BCUT2D eigenvalue weighted by molar-refractivity contribution is 5.97. The fourth-order valence-electron chi connectivity index (χ4n) is 4.44. The average Bonchev–Trinajstić information content (AvgIpc) is 3.62. The van der Waals surface area contributed by atoms with Crippen molar-refractivity contribution in [2.45, 2.75) is 44.8 Å². The third kappa shape index (κ3) is 6.83. The van der Waals surface area contributed by atoms with E-state index in [9.17, 15) is 19.5 Å². The minimum absolute atomic E-state index is 0.0327. The molecule has 2 aromatic carbocycles. The Balaban J connectivity index is 1.46. The van der Waals surface area contributed by atoms with E-state index in [0.29, 0.717) is 19.5 Å². The van der Waals surface area contributed by atoms with Gasteiger partial charge in [-0.25, -0.2) is 4.79 Å². The lowest BCUT2D eigenvalue weighted by Crippen LogP contribution is -2.41. The van der Waals surface area contributed by atoms with Gasteiger partial charge in [-0.2, -0.15) is 5.10 Å². The number of likely N-dealkylation sites (tertiary alicyclic amines) is 1. The number of amides is 2. The molecule has 0 aliphatic carbocycles. The summed E-state index contributed by atoms with van der Waals surface area (Å²) < 4.78 is 4.93. The Morgan fingerprint density at radius 1 is 1.05 bits per heavy atom. The van der Waals surface area contributed by atoms with Crippen molar-refractivity contribution in [3.05, 3.63) is 77.6 Å². The number of carbonyl (C=O) groups is 3. The predicted molar refractivity (Wildman–Crippen MR) is 138 cm³/mol. The van der Waals surface area contributed by atoms with Crippen molar-refractivity contribution in [2.24, 2.45) is 0 Å². The van der Waals surface area contributed by atoms with Crippen LogP contribution in [0.1, 0.15) is 52.7 Å². The molecule has 1 aromatic heterocycles. The van der Waals surface area contributed by atoms with Gasteiger partial charge in [0.1, 0.15) is 5.69 Å². The summed E-state index contributed by atoms with van der Waals surface area (Å²) >= 11 is 0. The normalized spacial score (nSPS) is 14.7. The summed E-state index contributed by atoms with van der Waals surface area (Å²) in [6.07, 6.45) is 0.880. The maximum Gasteiger partial charge on any atom is 0.335 e. The second kappa shape index (κ2) is 12.3. The van der Waals surface area contributed by atoms with E-state index in [4.69, 9.17) is 4.74 Å². The zero-order valence-electron chi connectivity index (χ0n) is 20.9. The topological polar surface area (TPSA) is 125 Å². The number of esters is 1. The largest absolute Gasteiger partial charge is 0.464 e. The number of ether oxygens (including phenoxy) is 1. The Hall–Kier alpha value is -3.98. The number of aromatic nitrogens is 2. The Morgan fingerprint density at radius 3 is 2.41 bits per heavy atom. The number of aliphatic hydroxyl groups excluding tert-OH is 1. The molecule has 9 nitrogen and oxygen atoms in total. The van der Waals surface area contributed by atoms with Crippen LogP contribution in [-0.2, 0) is 16.0 Å². The van der Waals surface area contributed by atoms with Gasteiger partial charge in [0.25, 0.3) is 11.8 Å². The molecule has 0 spiro atoms. The number of benzene rings is 2. The van der Waals surface area contributed by atoms with E-state index >= 15 is 0 Å². The van der Waals surface area contributed by atoms with Gasteiger partial charge in [0.05, 0.1) is 6.61 Å². The fraction of sp³-hybridized carbons (Fsp3) is 0.357. The highest BCUT2D eigenvalue weighted by atomic mass is 16.5. The molecule has 9 heteroatoms. The maximum atomic E-state index is 13.0. The lowest BCUT2D eigenvalue weighted by atomic mass is 9.97. The number of rotatable bonds is 10. The van der Waals surface area contributed by atoms with Crippen molar-refractivity contribution in [2.75, 3.05) is 19.7 Å². The maximum absolute atomic E-state index is 13.0. The Kier molecular flexibility index (Phi) is 8.68. The molecule has 194 valence electrons. The molecule has 0 unspecified atom stereocenters. The van der Waals surface area contributed by atoms with Crippen molar-refractivity contribution in [1.82, 2.24) is 20.4 Å². The molecule has 4 rings (SSSR count). The number of aromatic amines is 1. The summed E-state index contributed by atoms with van der Waals surface area (Å²) in [7, 11) is 0. The van der Waals surface area contributed by atoms with Gasteiger partial charge in [0.15, 0.2) is 11.8 Å². The first-order valence-electron chi connectivity index (χ1n) is 12.6. The monoisotopic (exact) mass is 504 g/mol. The minimum Gasteiger partial charge on any atom is -0.464 e. The summed E-state index contributed by atoms with van der Waals surface area (Å²) in [5.41, 5.74) is 3.40. The van der Waals surface area contributed by atoms with Crippen LogP contribution in [0.2, 0.25) is 0 Å². The second-order valence-corrected chi connectivity index (χ2v) is 9.11. The zero-order valence-corrected chi connectivity index (χ0v) is 20.9. The van der Waals surface area contributed by atoms with E-state index in [1.807, 2.05) is 54.6 Å². The molecule has 1 aliphatic rings. The van der Waals surface area contributed by atoms with Gasteiger partial charge in [-0.3, -0.25) is 14.7 Å². The van der Waals surface area contributed by atoms with Gasteiger partial charge in [-0.15, -0.1) is 0 Å². The van der Waals surface area contributed by atoms with Crippen LogP contribution in [0.25, 0.3) is 11.1 Å². The van der Waals surface area contributed by atoms with E-state index in [0.717, 1.165) is 29.5 Å². The van der Waals surface area contributed by atoms with E-state index in [1.54, 1.807) is 11.8 Å².